The van der Waals surface area contributed by atoms with Crippen LogP contribution < -0.4 is 0 Å². The van der Waals surface area contributed by atoms with E-state index >= 15 is 0 Å². The Morgan fingerprint density at radius 2 is 2.14 bits per heavy atom. The molecule has 14 heavy (non-hydrogen) atoms. The smallest absolute Gasteiger partial charge is 0.0747 e. The Hall–Kier alpha value is 0.140. The number of alkyl halides is 1. The molecule has 0 aromatic heterocycles. The van der Waals surface area contributed by atoms with Gasteiger partial charge in [-0.2, -0.15) is 0 Å². The van der Waals surface area contributed by atoms with Crippen LogP contribution in [0.15, 0.2) is 11.6 Å². The van der Waals surface area contributed by atoms with Crippen molar-refractivity contribution in [1.29, 1.82) is 0 Å². The molecule has 0 fully saturated rings. The van der Waals surface area contributed by atoms with Crippen molar-refractivity contribution in [3.63, 3.8) is 0 Å². The van der Waals surface area contributed by atoms with E-state index in [-0.39, 0.29) is 12.2 Å². The van der Waals surface area contributed by atoms with Gasteiger partial charge in [-0.05, 0) is 33.6 Å². The molecule has 1 unspecified atom stereocenters. The maximum Gasteiger partial charge on any atom is 0.0747 e. The second-order valence-electron chi connectivity index (χ2n) is 4.05. The van der Waals surface area contributed by atoms with Crippen LogP contribution >= 0.6 is 15.9 Å². The van der Waals surface area contributed by atoms with E-state index in [0.717, 1.165) is 12.8 Å². The van der Waals surface area contributed by atoms with Gasteiger partial charge in [0, 0.05) is 11.9 Å². The molecule has 84 valence electrons. The van der Waals surface area contributed by atoms with Crippen molar-refractivity contribution in [2.24, 2.45) is 0 Å². The largest absolute Gasteiger partial charge is 0.392 e. The molecule has 0 aromatic rings. The topological polar surface area (TPSA) is 29.5 Å². The van der Waals surface area contributed by atoms with Gasteiger partial charge in [0.15, 0.2) is 0 Å². The zero-order valence-corrected chi connectivity index (χ0v) is 11.1. The molecule has 0 saturated heterocycles. The number of aliphatic hydroxyl groups is 1. The highest BCUT2D eigenvalue weighted by atomic mass is 79.9. The number of rotatable bonds is 6. The number of allylic oxidation sites excluding steroid dienone is 1. The summed E-state index contributed by atoms with van der Waals surface area (Å²) in [6, 6.07) is 0. The number of aliphatic hydroxyl groups excluding tert-OH is 1. The van der Waals surface area contributed by atoms with Crippen molar-refractivity contribution in [2.75, 3.05) is 13.7 Å². The van der Waals surface area contributed by atoms with Gasteiger partial charge in [-0.1, -0.05) is 27.6 Å². The van der Waals surface area contributed by atoms with Crippen LogP contribution in [-0.4, -0.2) is 29.3 Å². The monoisotopic (exact) mass is 264 g/mol. The summed E-state index contributed by atoms with van der Waals surface area (Å²) in [5.74, 6) is 0. The van der Waals surface area contributed by atoms with Gasteiger partial charge in [-0.3, -0.25) is 0 Å². The minimum atomic E-state index is -0.139. The first-order valence-corrected chi connectivity index (χ1v) is 5.81. The van der Waals surface area contributed by atoms with Gasteiger partial charge in [-0.25, -0.2) is 0 Å². The molecule has 3 heteroatoms. The molecule has 0 spiro atoms. The summed E-state index contributed by atoms with van der Waals surface area (Å²) in [6.45, 7) is 6.30. The minimum Gasteiger partial charge on any atom is -0.392 e. The maximum absolute atomic E-state index is 8.70. The van der Waals surface area contributed by atoms with Crippen LogP contribution in [0.5, 0.6) is 0 Å². The van der Waals surface area contributed by atoms with Crippen molar-refractivity contribution in [2.45, 2.75) is 44.0 Å². The molecule has 0 aliphatic rings. The van der Waals surface area contributed by atoms with Crippen LogP contribution in [0.4, 0.5) is 0 Å². The third-order valence-electron chi connectivity index (χ3n) is 2.51. The summed E-state index contributed by atoms with van der Waals surface area (Å²) in [4.78, 5) is 0.335. The van der Waals surface area contributed by atoms with E-state index in [1.54, 1.807) is 7.11 Å². The van der Waals surface area contributed by atoms with Crippen LogP contribution in [0, 0.1) is 0 Å². The Morgan fingerprint density at radius 1 is 1.57 bits per heavy atom. The van der Waals surface area contributed by atoms with E-state index in [9.17, 15) is 0 Å². The molecule has 0 saturated carbocycles. The number of methoxy groups -OCH3 is 1. The second kappa shape index (κ2) is 6.59. The molecule has 1 atom stereocenters. The molecule has 2 nitrogen and oxygen atoms in total. The first kappa shape index (κ1) is 14.1. The van der Waals surface area contributed by atoms with Crippen LogP contribution in [0.25, 0.3) is 0 Å². The SMILES string of the molecule is COC(C)(C)C(Br)CC/C(C)=C\CO. The number of hydrogen-bond donors (Lipinski definition) is 1. The Bertz CT molecular complexity index is 188. The lowest BCUT2D eigenvalue weighted by atomic mass is 9.99. The lowest BCUT2D eigenvalue weighted by molar-refractivity contribution is 0.0210. The number of halogens is 1. The molecule has 0 aliphatic carbocycles. The molecule has 0 heterocycles. The highest BCUT2D eigenvalue weighted by Gasteiger charge is 2.26. The number of ether oxygens (including phenoxy) is 1. The predicted molar refractivity (Wildman–Crippen MR) is 63.9 cm³/mol. The third kappa shape index (κ3) is 5.13. The molecular formula is C11H21BrO2. The molecular weight excluding hydrogens is 244 g/mol. The first-order valence-electron chi connectivity index (χ1n) is 4.89. The lowest BCUT2D eigenvalue weighted by Crippen LogP contribution is -2.33. The van der Waals surface area contributed by atoms with E-state index in [0.29, 0.717) is 4.83 Å². The normalized spacial score (nSPS) is 15.7. The van der Waals surface area contributed by atoms with Gasteiger partial charge in [0.1, 0.15) is 0 Å². The quantitative estimate of drug-likeness (QED) is 0.591. The zero-order chi connectivity index (χ0) is 11.2. The number of hydrogen-bond acceptors (Lipinski definition) is 2. The Labute approximate surface area is 95.5 Å². The van der Waals surface area contributed by atoms with E-state index in [4.69, 9.17) is 9.84 Å². The summed E-state index contributed by atoms with van der Waals surface area (Å²) in [5.41, 5.74) is 1.09. The van der Waals surface area contributed by atoms with Gasteiger partial charge in [0.25, 0.3) is 0 Å². The van der Waals surface area contributed by atoms with E-state index in [1.807, 2.05) is 13.0 Å². The van der Waals surface area contributed by atoms with E-state index < -0.39 is 0 Å². The summed E-state index contributed by atoms with van der Waals surface area (Å²) in [6.07, 6.45) is 3.85. The van der Waals surface area contributed by atoms with Crippen molar-refractivity contribution in [1.82, 2.24) is 0 Å². The summed E-state index contributed by atoms with van der Waals surface area (Å²) >= 11 is 3.62. The Kier molecular flexibility index (Phi) is 6.66. The molecule has 0 rings (SSSR count). The maximum atomic E-state index is 8.70. The van der Waals surface area contributed by atoms with Crippen molar-refractivity contribution >= 4 is 15.9 Å². The molecule has 0 amide bonds. The zero-order valence-electron chi connectivity index (χ0n) is 9.51. The highest BCUT2D eigenvalue weighted by molar-refractivity contribution is 9.09. The standard InChI is InChI=1S/C11H21BrO2/c1-9(7-8-13)5-6-10(12)11(2,3)14-4/h7,10,13H,5-6,8H2,1-4H3/b9-7-. The van der Waals surface area contributed by atoms with Gasteiger partial charge in [0.2, 0.25) is 0 Å². The molecule has 0 aromatic carbocycles. The van der Waals surface area contributed by atoms with Gasteiger partial charge in [-0.15, -0.1) is 0 Å². The fourth-order valence-corrected chi connectivity index (χ4v) is 1.50. The molecule has 0 aliphatic heterocycles. The van der Waals surface area contributed by atoms with Gasteiger partial charge < -0.3 is 9.84 Å². The van der Waals surface area contributed by atoms with Crippen LogP contribution in [0.1, 0.15) is 33.6 Å². The fraction of sp³-hybridized carbons (Fsp3) is 0.818. The molecule has 0 radical (unpaired) electrons. The van der Waals surface area contributed by atoms with Crippen molar-refractivity contribution in [3.05, 3.63) is 11.6 Å². The third-order valence-corrected chi connectivity index (χ3v) is 4.07. The van der Waals surface area contributed by atoms with Crippen LogP contribution in [0.2, 0.25) is 0 Å². The summed E-state index contributed by atoms with van der Waals surface area (Å²) < 4.78 is 5.38. The summed E-state index contributed by atoms with van der Waals surface area (Å²) in [7, 11) is 1.73. The summed E-state index contributed by atoms with van der Waals surface area (Å²) in [5, 5.41) is 8.70. The van der Waals surface area contributed by atoms with Gasteiger partial charge >= 0.3 is 0 Å². The van der Waals surface area contributed by atoms with Crippen LogP contribution in [0.3, 0.4) is 0 Å². The van der Waals surface area contributed by atoms with Crippen molar-refractivity contribution < 1.29 is 9.84 Å². The predicted octanol–water partition coefficient (Wildman–Crippen LogP) is 2.89. The van der Waals surface area contributed by atoms with Crippen LogP contribution in [-0.2, 0) is 4.74 Å². The molecule has 0 bridgehead atoms. The van der Waals surface area contributed by atoms with E-state index in [1.165, 1.54) is 5.57 Å². The van der Waals surface area contributed by atoms with E-state index in [2.05, 4.69) is 29.8 Å². The Morgan fingerprint density at radius 3 is 2.57 bits per heavy atom. The molecule has 1 N–H and O–H groups in total. The average Bonchev–Trinajstić information content (AvgIpc) is 2.14. The second-order valence-corrected chi connectivity index (χ2v) is 5.15. The lowest BCUT2D eigenvalue weighted by Gasteiger charge is -2.28. The first-order chi connectivity index (χ1) is 6.44. The Balaban J connectivity index is 3.96. The minimum absolute atomic E-state index is 0.131. The van der Waals surface area contributed by atoms with Crippen molar-refractivity contribution in [3.8, 4) is 0 Å². The average molecular weight is 265 g/mol. The fourth-order valence-electron chi connectivity index (χ4n) is 1.09. The highest BCUT2D eigenvalue weighted by Crippen LogP contribution is 2.26. The van der Waals surface area contributed by atoms with Gasteiger partial charge in [0.05, 0.1) is 12.2 Å².